The Labute approximate surface area is 429 Å². The van der Waals surface area contributed by atoms with Crippen molar-refractivity contribution in [3.8, 4) is 17.3 Å². The van der Waals surface area contributed by atoms with Gasteiger partial charge in [-0.25, -0.2) is 4.98 Å². The van der Waals surface area contributed by atoms with Gasteiger partial charge in [0, 0.05) is 61.1 Å². The average Bonchev–Trinajstić information content (AvgIpc) is 3.94. The van der Waals surface area contributed by atoms with Crippen LogP contribution in [0.3, 0.4) is 0 Å². The van der Waals surface area contributed by atoms with Crippen LogP contribution < -0.4 is 14.5 Å². The van der Waals surface area contributed by atoms with Gasteiger partial charge in [0.1, 0.15) is 5.82 Å². The molecule has 0 atom stereocenters. The van der Waals surface area contributed by atoms with Crippen molar-refractivity contribution in [2.75, 3.05) is 9.80 Å². The van der Waals surface area contributed by atoms with Crippen LogP contribution in [0.1, 0.15) is 108 Å². The van der Waals surface area contributed by atoms with Crippen LogP contribution in [0.4, 0.5) is 11.4 Å². The Kier molecular flexibility index (Phi) is 12.8. The van der Waals surface area contributed by atoms with Gasteiger partial charge in [-0.05, 0) is 91.5 Å². The fourth-order valence-corrected chi connectivity index (χ4v) is 9.56. The molecule has 0 saturated heterocycles. The van der Waals surface area contributed by atoms with Gasteiger partial charge in [-0.2, -0.15) is 6.07 Å². The summed E-state index contributed by atoms with van der Waals surface area (Å²) < 4.78 is 9.27. The molecule has 7 aromatic carbocycles. The summed E-state index contributed by atoms with van der Waals surface area (Å²) in [7, 11) is 0. The summed E-state index contributed by atoms with van der Waals surface area (Å²) in [6, 6.07) is 68.2. The van der Waals surface area contributed by atoms with Crippen molar-refractivity contribution in [3.05, 3.63) is 240 Å². The van der Waals surface area contributed by atoms with Gasteiger partial charge >= 0.3 is 0 Å². The number of hydrogen-bond donors (Lipinski definition) is 0. The summed E-state index contributed by atoms with van der Waals surface area (Å²) in [4.78, 5) is 9.44. The van der Waals surface area contributed by atoms with E-state index in [9.17, 15) is 0 Å². The third-order valence-electron chi connectivity index (χ3n) is 14.1. The van der Waals surface area contributed by atoms with Gasteiger partial charge in [0.15, 0.2) is 0 Å². The van der Waals surface area contributed by atoms with Crippen LogP contribution in [0.2, 0.25) is 0 Å². The molecular weight excluding hydrogens is 1040 g/mol. The molecule has 356 valence electrons. The van der Waals surface area contributed by atoms with Gasteiger partial charge in [0.25, 0.3) is 0 Å². The summed E-state index contributed by atoms with van der Waals surface area (Å²) in [5.74, 6) is 2.04. The monoisotopic (exact) mass is 1100 g/mol. The van der Waals surface area contributed by atoms with Crippen LogP contribution in [-0.4, -0.2) is 9.55 Å². The maximum Gasteiger partial charge on any atom is 0.135 e. The van der Waals surface area contributed by atoms with Crippen molar-refractivity contribution >= 4 is 38.9 Å². The SMILES string of the molecule is CC(C)(C)c1ccnc(-n2c3[c-]c(Oc4[c-]c(N5[CH-]N(c6cccc(C(C)(C)c7ccccc7)c6)C=C5c5ccccc5)cc(C(C)(C)c5ccccc5)c4)ccc3c3cc(C(C)(C)C)ccc32)c1.[Pt]. The second kappa shape index (κ2) is 18.6. The number of pyridine rings is 1. The smallest absolute Gasteiger partial charge is 0.135 e. The van der Waals surface area contributed by atoms with Crippen molar-refractivity contribution in [1.29, 1.82) is 0 Å². The summed E-state index contributed by atoms with van der Waals surface area (Å²) in [6.07, 6.45) is 4.15. The molecule has 0 saturated carbocycles. The summed E-state index contributed by atoms with van der Waals surface area (Å²) in [6.45, 7) is 24.8. The average molecular weight is 1100 g/mol. The van der Waals surface area contributed by atoms with E-state index in [1.807, 2.05) is 12.3 Å². The van der Waals surface area contributed by atoms with E-state index in [0.717, 1.165) is 55.8 Å². The molecule has 2 aromatic heterocycles. The van der Waals surface area contributed by atoms with Gasteiger partial charge in [0.05, 0.1) is 0 Å². The first kappa shape index (κ1) is 48.3. The van der Waals surface area contributed by atoms with E-state index in [1.54, 1.807) is 0 Å². The minimum atomic E-state index is -0.384. The van der Waals surface area contributed by atoms with E-state index < -0.39 is 0 Å². The molecule has 1 aliphatic heterocycles. The summed E-state index contributed by atoms with van der Waals surface area (Å²) in [5, 5.41) is 2.25. The molecule has 0 N–H and O–H groups in total. The zero-order chi connectivity index (χ0) is 48.3. The van der Waals surface area contributed by atoms with Gasteiger partial charge < -0.3 is 19.1 Å². The van der Waals surface area contributed by atoms with Crippen molar-refractivity contribution in [2.24, 2.45) is 0 Å². The van der Waals surface area contributed by atoms with Crippen molar-refractivity contribution < 1.29 is 25.8 Å². The molecular formula is C64H61N4OPt-3. The number of nitrogens with zero attached hydrogens (tertiary/aromatic N) is 4. The molecule has 9 aromatic rings. The zero-order valence-corrected chi connectivity index (χ0v) is 44.2. The van der Waals surface area contributed by atoms with Crippen molar-refractivity contribution in [3.63, 3.8) is 0 Å². The third-order valence-corrected chi connectivity index (χ3v) is 14.1. The second-order valence-corrected chi connectivity index (χ2v) is 21.6. The molecule has 6 heteroatoms. The number of fused-ring (bicyclic) bond motifs is 3. The van der Waals surface area contributed by atoms with Crippen LogP contribution in [0.5, 0.6) is 11.5 Å². The predicted molar refractivity (Wildman–Crippen MR) is 287 cm³/mol. The number of rotatable bonds is 10. The van der Waals surface area contributed by atoms with E-state index in [4.69, 9.17) is 9.72 Å². The minimum absolute atomic E-state index is 0. The Balaban J connectivity index is 0.00000608. The topological polar surface area (TPSA) is 33.5 Å². The minimum Gasteiger partial charge on any atom is -0.509 e. The maximum atomic E-state index is 7.03. The van der Waals surface area contributed by atoms with Crippen molar-refractivity contribution in [1.82, 2.24) is 9.55 Å². The largest absolute Gasteiger partial charge is 0.509 e. The van der Waals surface area contributed by atoms with E-state index in [2.05, 4.69) is 272 Å². The quantitative estimate of drug-likeness (QED) is 0.128. The second-order valence-electron chi connectivity index (χ2n) is 21.6. The molecule has 0 unspecified atom stereocenters. The first-order valence-electron chi connectivity index (χ1n) is 24.1. The van der Waals surface area contributed by atoms with Crippen LogP contribution >= 0.6 is 0 Å². The Morgan fingerprint density at radius 1 is 0.500 bits per heavy atom. The summed E-state index contributed by atoms with van der Waals surface area (Å²) >= 11 is 0. The normalized spacial score (nSPS) is 13.4. The molecule has 1 aliphatic rings. The molecule has 70 heavy (non-hydrogen) atoms. The molecule has 0 spiro atoms. The number of hydrogen-bond acceptors (Lipinski definition) is 4. The van der Waals surface area contributed by atoms with E-state index >= 15 is 0 Å². The molecule has 0 radical (unpaired) electrons. The number of aromatic nitrogens is 2. The molecule has 3 heterocycles. The molecule has 0 bridgehead atoms. The molecule has 5 nitrogen and oxygen atoms in total. The van der Waals surface area contributed by atoms with E-state index in [-0.39, 0.29) is 42.7 Å². The van der Waals surface area contributed by atoms with Crippen LogP contribution in [0, 0.1) is 18.8 Å². The van der Waals surface area contributed by atoms with Crippen LogP contribution in [0.15, 0.2) is 182 Å². The summed E-state index contributed by atoms with van der Waals surface area (Å²) in [5.41, 5.74) is 12.7. The number of anilines is 2. The Morgan fingerprint density at radius 3 is 1.77 bits per heavy atom. The number of benzene rings is 7. The molecule has 0 amide bonds. The number of ether oxygens (including phenoxy) is 1. The molecule has 0 fully saturated rings. The first-order chi connectivity index (χ1) is 32.9. The van der Waals surface area contributed by atoms with Crippen LogP contribution in [0.25, 0.3) is 33.3 Å². The molecule has 0 aliphatic carbocycles. The van der Waals surface area contributed by atoms with Gasteiger partial charge in [0.2, 0.25) is 0 Å². The first-order valence-corrected chi connectivity index (χ1v) is 24.1. The fraction of sp³-hybridized carbons (Fsp3) is 0.219. The predicted octanol–water partition coefficient (Wildman–Crippen LogP) is 16.3. The third kappa shape index (κ3) is 9.25. The maximum absolute atomic E-state index is 7.03. The van der Waals surface area contributed by atoms with E-state index in [1.165, 1.54) is 27.8 Å². The van der Waals surface area contributed by atoms with Gasteiger partial charge in [-0.1, -0.05) is 190 Å². The Morgan fingerprint density at radius 2 is 1.11 bits per heavy atom. The van der Waals surface area contributed by atoms with Crippen molar-refractivity contribution in [2.45, 2.75) is 90.9 Å². The van der Waals surface area contributed by atoms with Gasteiger partial charge in [-0.3, -0.25) is 0 Å². The fourth-order valence-electron chi connectivity index (χ4n) is 9.56. The Bertz CT molecular complexity index is 3360. The molecule has 10 rings (SSSR count). The van der Waals surface area contributed by atoms with E-state index in [0.29, 0.717) is 11.5 Å². The van der Waals surface area contributed by atoms with Crippen LogP contribution in [-0.2, 0) is 42.7 Å². The zero-order valence-electron chi connectivity index (χ0n) is 41.9. The van der Waals surface area contributed by atoms with Gasteiger partial charge in [-0.15, -0.1) is 53.6 Å². The standard InChI is InChI=1S/C64H61N4O.Pt/c1-61(2,3)47-29-32-57-56(38-47)55-31-30-53(41-58(55)68(57)60-39-48(33-34-65-60)62(4,5)6)69-54-37-50(64(9,10)46-25-18-13-19-26-46)36-52(40-54)67-43-66(42-59(67)44-21-14-11-15-22-44)51-28-20-27-49(35-51)63(7,8)45-23-16-12-17-24-45;/h11-39,42-43H,1-10H3;/q-3;. The Hall–Kier alpha value is -6.68.